The summed E-state index contributed by atoms with van der Waals surface area (Å²) in [5.41, 5.74) is 3.40. The van der Waals surface area contributed by atoms with Crippen LogP contribution in [0.25, 0.3) is 0 Å². The molecular formula is C23H26ClNO4. The molecule has 2 aliphatic heterocycles. The van der Waals surface area contributed by atoms with Crippen molar-refractivity contribution in [3.05, 3.63) is 58.1 Å². The molecule has 6 heteroatoms. The first-order chi connectivity index (χ1) is 14.0. The molecule has 0 aromatic heterocycles. The molecule has 4 rings (SSSR count). The fourth-order valence-electron chi connectivity index (χ4n) is 4.32. The van der Waals surface area contributed by atoms with E-state index in [0.717, 1.165) is 53.6 Å². The summed E-state index contributed by atoms with van der Waals surface area (Å²) in [5.74, 6) is 0.940. The van der Waals surface area contributed by atoms with Crippen LogP contribution in [-0.4, -0.2) is 42.2 Å². The van der Waals surface area contributed by atoms with Crippen molar-refractivity contribution < 1.29 is 19.4 Å². The van der Waals surface area contributed by atoms with E-state index in [4.69, 9.17) is 26.2 Å². The Labute approximate surface area is 176 Å². The van der Waals surface area contributed by atoms with Gasteiger partial charge in [-0.15, -0.1) is 0 Å². The number of rotatable bonds is 6. The van der Waals surface area contributed by atoms with Gasteiger partial charge >= 0.3 is 5.97 Å². The van der Waals surface area contributed by atoms with Crippen molar-refractivity contribution in [1.29, 1.82) is 0 Å². The van der Waals surface area contributed by atoms with Crippen LogP contribution in [0.15, 0.2) is 36.4 Å². The highest BCUT2D eigenvalue weighted by atomic mass is 35.5. The number of carboxylic acids is 1. The number of piperidine rings is 1. The molecule has 0 amide bonds. The average molecular weight is 416 g/mol. The number of carboxylic acid groups (broad SMARTS) is 1. The molecule has 154 valence electrons. The minimum Gasteiger partial charge on any atom is -0.492 e. The number of aryl methyl sites for hydroxylation is 1. The molecule has 1 spiro atoms. The lowest BCUT2D eigenvalue weighted by atomic mass is 9.74. The summed E-state index contributed by atoms with van der Waals surface area (Å²) in [6, 6.07) is 12.0. The topological polar surface area (TPSA) is 59.0 Å². The zero-order valence-corrected chi connectivity index (χ0v) is 17.4. The first-order valence-electron chi connectivity index (χ1n) is 10.1. The van der Waals surface area contributed by atoms with Gasteiger partial charge in [0.1, 0.15) is 18.1 Å². The van der Waals surface area contributed by atoms with Gasteiger partial charge in [-0.25, -0.2) is 0 Å². The molecule has 0 atom stereocenters. The predicted octanol–water partition coefficient (Wildman–Crippen LogP) is 4.43. The highest BCUT2D eigenvalue weighted by Gasteiger charge is 2.43. The molecule has 1 N–H and O–H groups in total. The van der Waals surface area contributed by atoms with E-state index in [1.165, 1.54) is 5.56 Å². The molecule has 29 heavy (non-hydrogen) atoms. The largest absolute Gasteiger partial charge is 0.492 e. The normalized spacial score (nSPS) is 17.7. The number of likely N-dealkylation sites (tertiary alicyclic amines) is 1. The van der Waals surface area contributed by atoms with Crippen LogP contribution in [0.4, 0.5) is 0 Å². The molecule has 1 saturated heterocycles. The third-order valence-corrected chi connectivity index (χ3v) is 6.57. The molecular weight excluding hydrogens is 390 g/mol. The second-order valence-corrected chi connectivity index (χ2v) is 8.44. The van der Waals surface area contributed by atoms with Gasteiger partial charge in [0.15, 0.2) is 0 Å². The Balaban J connectivity index is 1.41. The van der Waals surface area contributed by atoms with Crippen LogP contribution in [0.5, 0.6) is 11.5 Å². The van der Waals surface area contributed by atoms with Gasteiger partial charge in [0, 0.05) is 34.2 Å². The van der Waals surface area contributed by atoms with Crippen molar-refractivity contribution in [1.82, 2.24) is 4.90 Å². The predicted molar refractivity (Wildman–Crippen MR) is 112 cm³/mol. The fourth-order valence-corrected chi connectivity index (χ4v) is 4.60. The minimum absolute atomic E-state index is 0.0346. The highest BCUT2D eigenvalue weighted by Crippen LogP contribution is 2.46. The van der Waals surface area contributed by atoms with Gasteiger partial charge in [0.05, 0.1) is 13.0 Å². The lowest BCUT2D eigenvalue weighted by molar-refractivity contribution is -0.137. The second-order valence-electron chi connectivity index (χ2n) is 8.04. The van der Waals surface area contributed by atoms with E-state index >= 15 is 0 Å². The molecule has 2 aromatic rings. The lowest BCUT2D eigenvalue weighted by Gasteiger charge is -2.38. The van der Waals surface area contributed by atoms with Gasteiger partial charge in [0.2, 0.25) is 0 Å². The van der Waals surface area contributed by atoms with Crippen molar-refractivity contribution in [3.8, 4) is 11.5 Å². The number of benzene rings is 2. The van der Waals surface area contributed by atoms with Crippen LogP contribution in [-0.2, 0) is 16.8 Å². The molecule has 0 unspecified atom stereocenters. The standard InChI is InChI=1S/C23H26ClNO4/c1-16-3-2-4-20(24)18(16)14-28-17-5-6-19-21(13-17)29-15-23(19)8-11-25(12-9-23)10-7-22(26)27/h2-6,13H,7-12,14-15H2,1H3,(H,26,27). The molecule has 0 bridgehead atoms. The van der Waals surface area contributed by atoms with Gasteiger partial charge in [-0.05, 0) is 50.6 Å². The molecule has 2 aromatic carbocycles. The van der Waals surface area contributed by atoms with E-state index in [9.17, 15) is 4.79 Å². The second kappa shape index (κ2) is 8.25. The molecule has 0 aliphatic carbocycles. The third kappa shape index (κ3) is 4.21. The molecule has 0 radical (unpaired) electrons. The van der Waals surface area contributed by atoms with Crippen molar-refractivity contribution in [3.63, 3.8) is 0 Å². The summed E-state index contributed by atoms with van der Waals surface area (Å²) in [6.07, 6.45) is 2.17. The van der Waals surface area contributed by atoms with Crippen molar-refractivity contribution in [2.45, 2.75) is 38.2 Å². The van der Waals surface area contributed by atoms with E-state index in [0.29, 0.717) is 19.8 Å². The van der Waals surface area contributed by atoms with Crippen LogP contribution < -0.4 is 9.47 Å². The fraction of sp³-hybridized carbons (Fsp3) is 0.435. The van der Waals surface area contributed by atoms with Crippen LogP contribution in [0.2, 0.25) is 5.02 Å². The third-order valence-electron chi connectivity index (χ3n) is 6.22. The number of halogens is 1. The van der Waals surface area contributed by atoms with Crippen LogP contribution in [0.3, 0.4) is 0 Å². The molecule has 0 saturated carbocycles. The first kappa shape index (κ1) is 20.0. The lowest BCUT2D eigenvalue weighted by Crippen LogP contribution is -2.44. The number of nitrogens with zero attached hydrogens (tertiary/aromatic N) is 1. The number of aliphatic carboxylic acids is 1. The monoisotopic (exact) mass is 415 g/mol. The Morgan fingerprint density at radius 1 is 1.28 bits per heavy atom. The maximum Gasteiger partial charge on any atom is 0.304 e. The van der Waals surface area contributed by atoms with Crippen LogP contribution >= 0.6 is 11.6 Å². The van der Waals surface area contributed by atoms with E-state index in [-0.39, 0.29) is 11.8 Å². The number of carbonyl (C=O) groups is 1. The van der Waals surface area contributed by atoms with Gasteiger partial charge in [-0.3, -0.25) is 4.79 Å². The van der Waals surface area contributed by atoms with Crippen molar-refractivity contribution in [2.24, 2.45) is 0 Å². The minimum atomic E-state index is -0.737. The Morgan fingerprint density at radius 3 is 2.79 bits per heavy atom. The maximum absolute atomic E-state index is 10.8. The smallest absolute Gasteiger partial charge is 0.304 e. The van der Waals surface area contributed by atoms with Gasteiger partial charge in [0.25, 0.3) is 0 Å². The Hall–Kier alpha value is -2.24. The van der Waals surface area contributed by atoms with E-state index in [2.05, 4.69) is 11.0 Å². The Morgan fingerprint density at radius 2 is 2.07 bits per heavy atom. The zero-order chi connectivity index (χ0) is 20.4. The Bertz CT molecular complexity index is 885. The number of hydrogen-bond donors (Lipinski definition) is 1. The summed E-state index contributed by atoms with van der Waals surface area (Å²) in [7, 11) is 0. The van der Waals surface area contributed by atoms with Crippen molar-refractivity contribution >= 4 is 17.6 Å². The summed E-state index contributed by atoms with van der Waals surface area (Å²) in [4.78, 5) is 13.0. The molecule has 2 aliphatic rings. The Kier molecular flexibility index (Phi) is 5.70. The van der Waals surface area contributed by atoms with Gasteiger partial charge in [-0.2, -0.15) is 0 Å². The van der Waals surface area contributed by atoms with Crippen LogP contribution in [0.1, 0.15) is 36.0 Å². The van der Waals surface area contributed by atoms with E-state index < -0.39 is 5.97 Å². The van der Waals surface area contributed by atoms with Gasteiger partial charge in [-0.1, -0.05) is 29.8 Å². The molecule has 5 nitrogen and oxygen atoms in total. The number of ether oxygens (including phenoxy) is 2. The zero-order valence-electron chi connectivity index (χ0n) is 16.6. The number of fused-ring (bicyclic) bond motifs is 2. The van der Waals surface area contributed by atoms with E-state index in [1.807, 2.05) is 37.3 Å². The average Bonchev–Trinajstić information content (AvgIpc) is 3.05. The quantitative estimate of drug-likeness (QED) is 0.756. The summed E-state index contributed by atoms with van der Waals surface area (Å²) in [6.45, 7) is 5.56. The maximum atomic E-state index is 10.8. The highest BCUT2D eigenvalue weighted by molar-refractivity contribution is 6.31. The SMILES string of the molecule is Cc1cccc(Cl)c1COc1ccc2c(c1)OCC21CCN(CCC(=O)O)CC1. The summed E-state index contributed by atoms with van der Waals surface area (Å²) < 4.78 is 12.0. The summed E-state index contributed by atoms with van der Waals surface area (Å²) in [5, 5.41) is 9.60. The molecule has 2 heterocycles. The summed E-state index contributed by atoms with van der Waals surface area (Å²) >= 11 is 6.30. The molecule has 1 fully saturated rings. The van der Waals surface area contributed by atoms with Gasteiger partial charge < -0.3 is 19.5 Å². The van der Waals surface area contributed by atoms with Crippen molar-refractivity contribution in [2.75, 3.05) is 26.2 Å². The van der Waals surface area contributed by atoms with E-state index in [1.54, 1.807) is 0 Å². The number of hydrogen-bond acceptors (Lipinski definition) is 4. The first-order valence-corrected chi connectivity index (χ1v) is 10.4. The van der Waals surface area contributed by atoms with Crippen LogP contribution in [0, 0.1) is 6.92 Å².